The van der Waals surface area contributed by atoms with Crippen LogP contribution in [0.1, 0.15) is 107 Å². The van der Waals surface area contributed by atoms with Crippen molar-refractivity contribution in [2.45, 2.75) is 116 Å². The number of ether oxygens (including phenoxy) is 1. The number of piperidine rings is 1. The lowest BCUT2D eigenvalue weighted by Gasteiger charge is -2.46. The van der Waals surface area contributed by atoms with Gasteiger partial charge in [-0.05, 0) is 120 Å². The van der Waals surface area contributed by atoms with E-state index in [1.807, 2.05) is 52.2 Å². The number of benzene rings is 2. The molecule has 2 aromatic heterocycles. The summed E-state index contributed by atoms with van der Waals surface area (Å²) in [5.74, 6) is 0.691. The topological polar surface area (TPSA) is 125 Å². The van der Waals surface area contributed by atoms with Gasteiger partial charge in [0.2, 0.25) is 5.91 Å². The molecule has 0 bridgehead atoms. The van der Waals surface area contributed by atoms with Crippen molar-refractivity contribution >= 4 is 46.1 Å². The van der Waals surface area contributed by atoms with Crippen LogP contribution in [0.4, 0.5) is 22.0 Å². The van der Waals surface area contributed by atoms with E-state index in [4.69, 9.17) is 14.7 Å². The van der Waals surface area contributed by atoms with Gasteiger partial charge in [0.25, 0.3) is 5.91 Å². The highest BCUT2D eigenvalue weighted by Crippen LogP contribution is 2.53. The summed E-state index contributed by atoms with van der Waals surface area (Å²) in [6.45, 7) is 15.4. The number of carbonyl (C=O) groups excluding carboxylic acids is 3. The smallest absolute Gasteiger partial charge is 0.410 e. The second-order valence-corrected chi connectivity index (χ2v) is 19.0. The summed E-state index contributed by atoms with van der Waals surface area (Å²) in [7, 11) is 1.64. The fraction of sp³-hybridized carbons (Fsp3) is 0.533. The van der Waals surface area contributed by atoms with Crippen LogP contribution in [-0.2, 0) is 14.9 Å². The molecule has 0 unspecified atom stereocenters. The first kappa shape index (κ1) is 37.6. The average molecular weight is 773 g/mol. The normalized spacial score (nSPS) is 22.8. The van der Waals surface area contributed by atoms with E-state index in [1.54, 1.807) is 11.9 Å². The minimum absolute atomic E-state index is 0.112. The number of likely N-dealkylation sites (tertiary alicyclic amines) is 2. The molecule has 5 aliphatic rings. The molecule has 2 aliphatic carbocycles. The molecule has 12 nitrogen and oxygen atoms in total. The van der Waals surface area contributed by atoms with Crippen LogP contribution in [0, 0.1) is 12.3 Å². The maximum Gasteiger partial charge on any atom is 0.410 e. The van der Waals surface area contributed by atoms with Crippen LogP contribution in [0.2, 0.25) is 0 Å². The van der Waals surface area contributed by atoms with Gasteiger partial charge in [-0.25, -0.2) is 14.8 Å². The van der Waals surface area contributed by atoms with Crippen LogP contribution in [-0.4, -0.2) is 93.2 Å². The van der Waals surface area contributed by atoms with E-state index in [-0.39, 0.29) is 23.9 Å². The molecule has 9 rings (SSSR count). The molecule has 1 spiro atoms. The maximum absolute atomic E-state index is 15.0. The fourth-order valence-electron chi connectivity index (χ4n) is 9.67. The first-order valence-corrected chi connectivity index (χ1v) is 20.8. The second-order valence-electron chi connectivity index (χ2n) is 19.0. The van der Waals surface area contributed by atoms with Crippen molar-refractivity contribution in [3.05, 3.63) is 65.5 Å². The Morgan fingerprint density at radius 2 is 1.68 bits per heavy atom. The molecular formula is C45H56N8O4. The summed E-state index contributed by atoms with van der Waals surface area (Å²) < 4.78 is 7.94. The minimum Gasteiger partial charge on any atom is -0.444 e. The third-order valence-corrected chi connectivity index (χ3v) is 13.1. The number of nitrogens with one attached hydrogen (secondary N) is 2. The van der Waals surface area contributed by atoms with Crippen molar-refractivity contribution in [3.63, 3.8) is 0 Å². The number of carbonyl (C=O) groups is 3. The minimum atomic E-state index is -0.700. The van der Waals surface area contributed by atoms with Crippen LogP contribution in [0.5, 0.6) is 0 Å². The van der Waals surface area contributed by atoms with E-state index in [0.29, 0.717) is 54.8 Å². The van der Waals surface area contributed by atoms with E-state index in [9.17, 15) is 14.4 Å². The van der Waals surface area contributed by atoms with Crippen LogP contribution >= 0.6 is 0 Å². The lowest BCUT2D eigenvalue weighted by atomic mass is 9.73. The van der Waals surface area contributed by atoms with Gasteiger partial charge in [-0.3, -0.25) is 14.5 Å². The van der Waals surface area contributed by atoms with Gasteiger partial charge in [0.15, 0.2) is 5.82 Å². The summed E-state index contributed by atoms with van der Waals surface area (Å²) in [4.78, 5) is 57.5. The Morgan fingerprint density at radius 3 is 2.35 bits per heavy atom. The number of aryl methyl sites for hydroxylation is 1. The Morgan fingerprint density at radius 1 is 0.930 bits per heavy atom. The third kappa shape index (κ3) is 6.73. The van der Waals surface area contributed by atoms with Crippen molar-refractivity contribution < 1.29 is 19.1 Å². The number of imidazole rings is 1. The zero-order chi connectivity index (χ0) is 40.0. The molecule has 0 atom stereocenters. The molecule has 2 saturated carbocycles. The molecule has 0 radical (unpaired) electrons. The molecule has 3 amide bonds. The maximum atomic E-state index is 15.0. The van der Waals surface area contributed by atoms with Gasteiger partial charge in [-0.1, -0.05) is 32.0 Å². The van der Waals surface area contributed by atoms with Gasteiger partial charge < -0.3 is 29.7 Å². The van der Waals surface area contributed by atoms with Crippen LogP contribution in [0.15, 0.2) is 48.8 Å². The Hall–Kier alpha value is -4.97. The highest BCUT2D eigenvalue weighted by Gasteiger charge is 2.56. The Balaban J connectivity index is 1.08. The molecule has 3 aliphatic heterocycles. The number of hydrogen-bond acceptors (Lipinski definition) is 8. The number of anilines is 3. The molecule has 12 heteroatoms. The molecule has 4 aromatic rings. The highest BCUT2D eigenvalue weighted by molar-refractivity contribution is 6.09. The first-order chi connectivity index (χ1) is 27.1. The van der Waals surface area contributed by atoms with E-state index >= 15 is 0 Å². The largest absolute Gasteiger partial charge is 0.444 e. The number of rotatable bonds is 7. The molecule has 300 valence electrons. The standard InChI is InChI=1S/C45H56N8O4/c1-27-8-10-29(21-33(27)40(54)46-7)48-39-38-36(47-26-52(38)30-11-12-30)24-35(49-39)28-9-13-34-37(20-28)53(32-22-31(23-32)51-17-14-44(5,6)25-51)41(55)45(34)15-18-50(19-16-45)42(56)57-43(2,3)4/h8-10,13,20-21,24,26,30-32H,11-12,14-19,22-23,25H2,1-7H3,(H,46,54)(H,48,49). The highest BCUT2D eigenvalue weighted by atomic mass is 16.6. The SMILES string of the molecule is CNC(=O)c1cc(Nc2nc(-c3ccc4c(c3)N(C3CC(N5CCC(C)(C)C5)C3)C(=O)C43CCN(C(=O)OC(C)(C)C)CC3)cc3ncn(C4CC4)c23)ccc1C. The molecular weight excluding hydrogens is 717 g/mol. The summed E-state index contributed by atoms with van der Waals surface area (Å²) in [6.07, 6.45) is 8.00. The molecule has 2 aromatic carbocycles. The third-order valence-electron chi connectivity index (χ3n) is 13.1. The number of amides is 3. The number of nitrogens with zero attached hydrogens (tertiary/aromatic N) is 6. The lowest BCUT2D eigenvalue weighted by molar-refractivity contribution is -0.126. The summed E-state index contributed by atoms with van der Waals surface area (Å²) >= 11 is 0. The quantitative estimate of drug-likeness (QED) is 0.196. The zero-order valence-electron chi connectivity index (χ0n) is 34.4. The van der Waals surface area contributed by atoms with Gasteiger partial charge >= 0.3 is 6.09 Å². The van der Waals surface area contributed by atoms with Gasteiger partial charge in [-0.2, -0.15) is 0 Å². The summed E-state index contributed by atoms with van der Waals surface area (Å²) in [6, 6.07) is 15.2. The van der Waals surface area contributed by atoms with Gasteiger partial charge in [0, 0.05) is 67.3 Å². The van der Waals surface area contributed by atoms with Crippen molar-refractivity contribution in [3.8, 4) is 11.3 Å². The molecule has 4 fully saturated rings. The Labute approximate surface area is 335 Å². The lowest BCUT2D eigenvalue weighted by Crippen LogP contribution is -2.58. The van der Waals surface area contributed by atoms with Crippen molar-refractivity contribution in [2.24, 2.45) is 5.41 Å². The van der Waals surface area contributed by atoms with Gasteiger partial charge in [0.05, 0.1) is 23.0 Å². The van der Waals surface area contributed by atoms with Gasteiger partial charge in [-0.15, -0.1) is 0 Å². The first-order valence-electron chi connectivity index (χ1n) is 20.8. The predicted octanol–water partition coefficient (Wildman–Crippen LogP) is 7.72. The van der Waals surface area contributed by atoms with E-state index < -0.39 is 11.0 Å². The molecule has 2 saturated heterocycles. The van der Waals surface area contributed by atoms with Gasteiger partial charge in [0.1, 0.15) is 11.1 Å². The fourth-order valence-corrected chi connectivity index (χ4v) is 9.67. The van der Waals surface area contributed by atoms with Crippen LogP contribution in [0.3, 0.4) is 0 Å². The van der Waals surface area contributed by atoms with E-state index in [0.717, 1.165) is 83.6 Å². The molecule has 2 N–H and O–H groups in total. The monoisotopic (exact) mass is 772 g/mol. The molecule has 5 heterocycles. The average Bonchev–Trinajstić information content (AvgIpc) is 3.74. The second kappa shape index (κ2) is 13.6. The summed E-state index contributed by atoms with van der Waals surface area (Å²) in [5.41, 5.74) is 6.74. The van der Waals surface area contributed by atoms with E-state index in [2.05, 4.69) is 63.1 Å². The number of fused-ring (bicyclic) bond motifs is 3. The van der Waals surface area contributed by atoms with Crippen LogP contribution < -0.4 is 15.5 Å². The van der Waals surface area contributed by atoms with Crippen LogP contribution in [0.25, 0.3) is 22.3 Å². The Bertz CT molecular complexity index is 2270. The van der Waals surface area contributed by atoms with Crippen molar-refractivity contribution in [2.75, 3.05) is 43.4 Å². The zero-order valence-corrected chi connectivity index (χ0v) is 34.4. The van der Waals surface area contributed by atoms with Crippen molar-refractivity contribution in [1.29, 1.82) is 0 Å². The number of pyridine rings is 1. The molecule has 57 heavy (non-hydrogen) atoms. The number of hydrogen-bond donors (Lipinski definition) is 2. The van der Waals surface area contributed by atoms with E-state index in [1.165, 1.54) is 6.42 Å². The number of aromatic nitrogens is 3. The predicted molar refractivity (Wildman–Crippen MR) is 222 cm³/mol. The van der Waals surface area contributed by atoms with Crippen molar-refractivity contribution in [1.82, 2.24) is 29.7 Å². The summed E-state index contributed by atoms with van der Waals surface area (Å²) in [5, 5.41) is 6.32. The Kier molecular flexibility index (Phi) is 8.95.